The Morgan fingerprint density at radius 1 is 1.46 bits per heavy atom. The summed E-state index contributed by atoms with van der Waals surface area (Å²) in [4.78, 5) is -0.505. The van der Waals surface area contributed by atoms with Gasteiger partial charge in [0.05, 0.1) is 0 Å². The SMILES string of the molecule is Cc1ccc(Br)c(S(=O)(=O)Cl)c1F. The minimum atomic E-state index is -4.04. The molecule has 1 aromatic rings. The second-order valence-corrected chi connectivity index (χ2v) is 5.80. The maximum absolute atomic E-state index is 13.3. The van der Waals surface area contributed by atoms with Gasteiger partial charge in [-0.1, -0.05) is 6.07 Å². The maximum Gasteiger partial charge on any atom is 0.265 e. The number of halogens is 3. The number of aryl methyl sites for hydroxylation is 1. The van der Waals surface area contributed by atoms with E-state index in [1.165, 1.54) is 19.1 Å². The van der Waals surface area contributed by atoms with E-state index >= 15 is 0 Å². The van der Waals surface area contributed by atoms with Crippen molar-refractivity contribution in [2.45, 2.75) is 11.8 Å². The van der Waals surface area contributed by atoms with Crippen molar-refractivity contribution in [3.63, 3.8) is 0 Å². The van der Waals surface area contributed by atoms with Crippen molar-refractivity contribution in [2.75, 3.05) is 0 Å². The summed E-state index contributed by atoms with van der Waals surface area (Å²) in [5, 5.41) is 0. The predicted molar refractivity (Wildman–Crippen MR) is 51.9 cm³/mol. The molecular weight excluding hydrogens is 282 g/mol. The van der Waals surface area contributed by atoms with E-state index in [0.29, 0.717) is 0 Å². The van der Waals surface area contributed by atoms with Gasteiger partial charge in [0.2, 0.25) is 0 Å². The van der Waals surface area contributed by atoms with E-state index in [0.717, 1.165) is 0 Å². The molecule has 0 saturated heterocycles. The lowest BCUT2D eigenvalue weighted by Gasteiger charge is -2.03. The first kappa shape index (κ1) is 10.9. The number of rotatable bonds is 1. The summed E-state index contributed by atoms with van der Waals surface area (Å²) < 4.78 is 35.2. The quantitative estimate of drug-likeness (QED) is 0.744. The van der Waals surface area contributed by atoms with Gasteiger partial charge in [0.15, 0.2) is 0 Å². The molecule has 0 aliphatic heterocycles. The first-order valence-corrected chi connectivity index (χ1v) is 6.33. The van der Waals surface area contributed by atoms with Crippen molar-refractivity contribution in [1.82, 2.24) is 0 Å². The van der Waals surface area contributed by atoms with Crippen molar-refractivity contribution < 1.29 is 12.8 Å². The predicted octanol–water partition coefficient (Wildman–Crippen LogP) is 2.82. The van der Waals surface area contributed by atoms with Crippen LogP contribution in [0.5, 0.6) is 0 Å². The van der Waals surface area contributed by atoms with Crippen LogP contribution in [-0.4, -0.2) is 8.42 Å². The first-order chi connectivity index (χ1) is 5.84. The van der Waals surface area contributed by atoms with E-state index in [9.17, 15) is 12.8 Å². The molecule has 0 saturated carbocycles. The Kier molecular flexibility index (Phi) is 2.99. The highest BCUT2D eigenvalue weighted by atomic mass is 79.9. The van der Waals surface area contributed by atoms with E-state index in [2.05, 4.69) is 15.9 Å². The lowest BCUT2D eigenvalue weighted by atomic mass is 10.2. The summed E-state index contributed by atoms with van der Waals surface area (Å²) >= 11 is 2.91. The molecule has 0 spiro atoms. The normalized spacial score (nSPS) is 11.7. The molecule has 0 aromatic heterocycles. The third kappa shape index (κ3) is 2.21. The van der Waals surface area contributed by atoms with Crippen molar-refractivity contribution in [3.8, 4) is 0 Å². The molecule has 1 rings (SSSR count). The van der Waals surface area contributed by atoms with Gasteiger partial charge in [-0.25, -0.2) is 12.8 Å². The van der Waals surface area contributed by atoms with E-state index < -0.39 is 19.8 Å². The molecule has 0 heterocycles. The van der Waals surface area contributed by atoms with Crippen LogP contribution < -0.4 is 0 Å². The second-order valence-electron chi connectivity index (χ2n) is 2.45. The van der Waals surface area contributed by atoms with Gasteiger partial charge < -0.3 is 0 Å². The van der Waals surface area contributed by atoms with Gasteiger partial charge in [-0.15, -0.1) is 0 Å². The van der Waals surface area contributed by atoms with Crippen LogP contribution in [0.15, 0.2) is 21.5 Å². The van der Waals surface area contributed by atoms with Gasteiger partial charge >= 0.3 is 0 Å². The Labute approximate surface area is 88.3 Å². The summed E-state index contributed by atoms with van der Waals surface area (Å²) in [7, 11) is 1.01. The minimum Gasteiger partial charge on any atom is -0.207 e. The monoisotopic (exact) mass is 286 g/mol. The molecule has 6 heteroatoms. The smallest absolute Gasteiger partial charge is 0.207 e. The molecule has 1 aromatic carbocycles. The van der Waals surface area contributed by atoms with E-state index in [4.69, 9.17) is 10.7 Å². The molecule has 0 unspecified atom stereocenters. The Morgan fingerprint density at radius 3 is 2.38 bits per heavy atom. The molecule has 2 nitrogen and oxygen atoms in total. The summed E-state index contributed by atoms with van der Waals surface area (Å²) in [5.74, 6) is -0.815. The minimum absolute atomic E-state index is 0.130. The van der Waals surface area contributed by atoms with Crippen LogP contribution >= 0.6 is 26.6 Å². The van der Waals surface area contributed by atoms with Crippen LogP contribution in [0.3, 0.4) is 0 Å². The van der Waals surface area contributed by atoms with Crippen molar-refractivity contribution in [1.29, 1.82) is 0 Å². The zero-order chi connectivity index (χ0) is 10.2. The second kappa shape index (κ2) is 3.55. The Balaban J connectivity index is 3.62. The highest BCUT2D eigenvalue weighted by Gasteiger charge is 2.21. The van der Waals surface area contributed by atoms with E-state index in [-0.39, 0.29) is 10.0 Å². The third-order valence-electron chi connectivity index (χ3n) is 1.49. The molecule has 0 amide bonds. The fraction of sp³-hybridized carbons (Fsp3) is 0.143. The standard InChI is InChI=1S/C7H5BrClFO2S/c1-4-2-3-5(8)7(6(4)10)13(9,11)12/h2-3H,1H3. The van der Waals surface area contributed by atoms with Gasteiger partial charge in [-0.2, -0.15) is 0 Å². The number of benzene rings is 1. The number of hydrogen-bond acceptors (Lipinski definition) is 2. The largest absolute Gasteiger partial charge is 0.265 e. The van der Waals surface area contributed by atoms with Gasteiger partial charge in [0.1, 0.15) is 10.7 Å². The summed E-state index contributed by atoms with van der Waals surface area (Å²) in [6, 6.07) is 2.90. The zero-order valence-electron chi connectivity index (χ0n) is 6.51. The van der Waals surface area contributed by atoms with Crippen molar-refractivity contribution in [2.24, 2.45) is 0 Å². The average molecular weight is 288 g/mol. The van der Waals surface area contributed by atoms with Crippen molar-refractivity contribution >= 4 is 35.7 Å². The van der Waals surface area contributed by atoms with Gasteiger partial charge in [-0.3, -0.25) is 0 Å². The van der Waals surface area contributed by atoms with Crippen molar-refractivity contribution in [3.05, 3.63) is 28.0 Å². The highest BCUT2D eigenvalue weighted by Crippen LogP contribution is 2.29. The van der Waals surface area contributed by atoms with Crippen LogP contribution in [0, 0.1) is 12.7 Å². The number of hydrogen-bond donors (Lipinski definition) is 0. The topological polar surface area (TPSA) is 34.1 Å². The van der Waals surface area contributed by atoms with Gasteiger partial charge in [0.25, 0.3) is 9.05 Å². The van der Waals surface area contributed by atoms with Gasteiger partial charge in [0, 0.05) is 15.2 Å². The highest BCUT2D eigenvalue weighted by molar-refractivity contribution is 9.10. The Morgan fingerprint density at radius 2 is 2.00 bits per heavy atom. The van der Waals surface area contributed by atoms with Crippen LogP contribution in [0.25, 0.3) is 0 Å². The first-order valence-electron chi connectivity index (χ1n) is 3.23. The van der Waals surface area contributed by atoms with Crippen LogP contribution in [-0.2, 0) is 9.05 Å². The van der Waals surface area contributed by atoms with Crippen LogP contribution in [0.2, 0.25) is 0 Å². The Bertz CT molecular complexity index is 444. The molecule has 0 aliphatic rings. The molecule has 72 valence electrons. The van der Waals surface area contributed by atoms with E-state index in [1.54, 1.807) is 0 Å². The fourth-order valence-electron chi connectivity index (χ4n) is 0.854. The molecule has 0 N–H and O–H groups in total. The molecule has 13 heavy (non-hydrogen) atoms. The molecule has 0 bridgehead atoms. The summed E-state index contributed by atoms with van der Waals surface area (Å²) in [6.07, 6.45) is 0. The van der Waals surface area contributed by atoms with Crippen LogP contribution in [0.1, 0.15) is 5.56 Å². The molecular formula is C7H5BrClFO2S. The fourth-order valence-corrected chi connectivity index (χ4v) is 3.21. The lowest BCUT2D eigenvalue weighted by molar-refractivity contribution is 0.568. The van der Waals surface area contributed by atoms with E-state index in [1.807, 2.05) is 0 Å². The third-order valence-corrected chi connectivity index (χ3v) is 3.76. The lowest BCUT2D eigenvalue weighted by Crippen LogP contribution is -1.98. The van der Waals surface area contributed by atoms with Gasteiger partial charge in [-0.05, 0) is 34.5 Å². The van der Waals surface area contributed by atoms with Crippen LogP contribution in [0.4, 0.5) is 4.39 Å². The zero-order valence-corrected chi connectivity index (χ0v) is 9.67. The Hall–Kier alpha value is -0.130. The molecule has 0 atom stereocenters. The summed E-state index contributed by atoms with van der Waals surface area (Å²) in [6.45, 7) is 1.47. The maximum atomic E-state index is 13.3. The summed E-state index contributed by atoms with van der Waals surface area (Å²) in [5.41, 5.74) is 0.238. The molecule has 0 radical (unpaired) electrons. The molecule has 0 fully saturated rings. The molecule has 0 aliphatic carbocycles. The average Bonchev–Trinajstić information content (AvgIpc) is 1.95.